The molecule has 0 radical (unpaired) electrons. The zero-order valence-electron chi connectivity index (χ0n) is 14.4. The molecule has 0 atom stereocenters. The van der Waals surface area contributed by atoms with Gasteiger partial charge in [0, 0.05) is 11.9 Å². The van der Waals surface area contributed by atoms with E-state index in [4.69, 9.17) is 0 Å². The van der Waals surface area contributed by atoms with Crippen molar-refractivity contribution >= 4 is 43.4 Å². The molecule has 1 aromatic carbocycles. The normalized spacial score (nSPS) is 11.8. The van der Waals surface area contributed by atoms with Crippen molar-refractivity contribution in [2.45, 2.75) is 33.0 Å². The number of carbonyl (C=O) groups excluding carboxylic acids is 1. The number of hydrogen-bond acceptors (Lipinski definition) is 4. The smallest absolute Gasteiger partial charge is 0.347 e. The molecule has 3 aromatic rings. The summed E-state index contributed by atoms with van der Waals surface area (Å²) in [6.45, 7) is 4.00. The number of alkyl halides is 3. The Hall–Kier alpha value is -2.00. The van der Waals surface area contributed by atoms with Crippen LogP contribution in [0.4, 0.5) is 13.2 Å². The zero-order chi connectivity index (χ0) is 19.8. The van der Waals surface area contributed by atoms with E-state index in [0.717, 1.165) is 22.2 Å². The summed E-state index contributed by atoms with van der Waals surface area (Å²) in [6.07, 6.45) is -5.20. The van der Waals surface area contributed by atoms with Gasteiger partial charge in [-0.1, -0.05) is 24.3 Å². The van der Waals surface area contributed by atoms with E-state index in [9.17, 15) is 18.0 Å². The van der Waals surface area contributed by atoms with Gasteiger partial charge in [0.2, 0.25) is 0 Å². The van der Waals surface area contributed by atoms with Gasteiger partial charge in [-0.2, -0.15) is 18.3 Å². The maximum absolute atomic E-state index is 12.5. The van der Waals surface area contributed by atoms with Crippen molar-refractivity contribution in [3.63, 3.8) is 0 Å². The van der Waals surface area contributed by atoms with Crippen molar-refractivity contribution in [3.8, 4) is 0 Å². The van der Waals surface area contributed by atoms with Crippen LogP contribution in [0.25, 0.3) is 10.2 Å². The molecule has 2 heterocycles. The number of thiophene rings is 1. The summed E-state index contributed by atoms with van der Waals surface area (Å²) in [7, 11) is 0. The molecular formula is C18H15BrF3N3OS. The third kappa shape index (κ3) is 4.47. The van der Waals surface area contributed by atoms with Crippen molar-refractivity contribution in [3.05, 3.63) is 56.0 Å². The van der Waals surface area contributed by atoms with Gasteiger partial charge in [0.25, 0.3) is 5.91 Å². The van der Waals surface area contributed by atoms with Gasteiger partial charge >= 0.3 is 6.18 Å². The number of aryl methyl sites for hydroxylation is 2. The molecule has 0 fully saturated rings. The van der Waals surface area contributed by atoms with Gasteiger partial charge < -0.3 is 5.32 Å². The van der Waals surface area contributed by atoms with E-state index in [0.29, 0.717) is 14.2 Å². The highest BCUT2D eigenvalue weighted by Gasteiger charge is 2.27. The van der Waals surface area contributed by atoms with Crippen molar-refractivity contribution < 1.29 is 18.0 Å². The lowest BCUT2D eigenvalue weighted by molar-refractivity contribution is -0.127. The fraction of sp³-hybridized carbons (Fsp3) is 0.278. The molecule has 1 amide bonds. The Balaban J connectivity index is 1.72. The summed E-state index contributed by atoms with van der Waals surface area (Å²) in [5.41, 5.74) is 2.67. The summed E-state index contributed by atoms with van der Waals surface area (Å²) >= 11 is 4.72. The molecule has 3 rings (SSSR count). The lowest BCUT2D eigenvalue weighted by atomic mass is 10.1. The average Bonchev–Trinajstić information content (AvgIpc) is 2.93. The molecule has 0 aliphatic carbocycles. The van der Waals surface area contributed by atoms with Gasteiger partial charge in [0.05, 0.1) is 16.6 Å². The highest BCUT2D eigenvalue weighted by atomic mass is 79.9. The number of benzene rings is 1. The molecule has 0 aliphatic heterocycles. The first kappa shape index (κ1) is 19.8. The quantitative estimate of drug-likeness (QED) is 0.592. The molecule has 0 spiro atoms. The molecule has 0 bridgehead atoms. The van der Waals surface area contributed by atoms with Crippen LogP contribution in [-0.4, -0.2) is 22.3 Å². The molecule has 0 aliphatic rings. The molecule has 0 saturated heterocycles. The van der Waals surface area contributed by atoms with Crippen LogP contribution in [0.1, 0.15) is 32.1 Å². The highest BCUT2D eigenvalue weighted by Crippen LogP contribution is 2.36. The number of halogens is 4. The predicted octanol–water partition coefficient (Wildman–Crippen LogP) is 5.11. The average molecular weight is 458 g/mol. The molecule has 142 valence electrons. The van der Waals surface area contributed by atoms with Crippen LogP contribution in [0.5, 0.6) is 0 Å². The Bertz CT molecular complexity index is 1000. The van der Waals surface area contributed by atoms with E-state index >= 15 is 0 Å². The van der Waals surface area contributed by atoms with E-state index in [1.807, 2.05) is 13.8 Å². The van der Waals surface area contributed by atoms with Crippen LogP contribution in [0, 0.1) is 13.8 Å². The largest absolute Gasteiger partial charge is 0.393 e. The lowest BCUT2D eigenvalue weighted by Crippen LogP contribution is -2.22. The number of rotatable bonds is 4. The third-order valence-electron chi connectivity index (χ3n) is 4.13. The van der Waals surface area contributed by atoms with Crippen molar-refractivity contribution in [1.82, 2.24) is 15.5 Å². The van der Waals surface area contributed by atoms with Gasteiger partial charge in [0.1, 0.15) is 9.71 Å². The molecule has 0 saturated carbocycles. The first-order chi connectivity index (χ1) is 12.7. The minimum absolute atomic E-state index is 0.189. The number of fused-ring (bicyclic) bond motifs is 1. The molecule has 9 heteroatoms. The van der Waals surface area contributed by atoms with Crippen LogP contribution in [0.3, 0.4) is 0 Å². The number of aromatic nitrogens is 2. The lowest BCUT2D eigenvalue weighted by Gasteiger charge is -2.08. The Morgan fingerprint density at radius 2 is 1.78 bits per heavy atom. The third-order valence-corrected chi connectivity index (χ3v) is 6.26. The number of hydrogen-bond donors (Lipinski definition) is 1. The van der Waals surface area contributed by atoms with Gasteiger partial charge in [-0.15, -0.1) is 16.4 Å². The molecule has 1 N–H and O–H groups in total. The Morgan fingerprint density at radius 1 is 1.15 bits per heavy atom. The van der Waals surface area contributed by atoms with E-state index in [1.165, 1.54) is 23.5 Å². The van der Waals surface area contributed by atoms with Crippen LogP contribution in [0.15, 0.2) is 28.7 Å². The van der Waals surface area contributed by atoms with Gasteiger partial charge in [-0.25, -0.2) is 0 Å². The van der Waals surface area contributed by atoms with E-state index < -0.39 is 12.6 Å². The second-order valence-corrected chi connectivity index (χ2v) is 7.92. The minimum Gasteiger partial charge on any atom is -0.347 e. The zero-order valence-corrected chi connectivity index (χ0v) is 16.8. The predicted molar refractivity (Wildman–Crippen MR) is 102 cm³/mol. The fourth-order valence-corrected chi connectivity index (χ4v) is 4.61. The maximum Gasteiger partial charge on any atom is 0.393 e. The Labute approximate surface area is 165 Å². The summed E-state index contributed by atoms with van der Waals surface area (Å²) in [5, 5.41) is 11.9. The monoisotopic (exact) mass is 457 g/mol. The SMILES string of the molecule is Cc1nnc2sc(C(=O)NCc3ccc(CC(F)(F)F)cc3)c(Br)c2c1C. The topological polar surface area (TPSA) is 54.9 Å². The van der Waals surface area contributed by atoms with Crippen molar-refractivity contribution in [2.24, 2.45) is 0 Å². The summed E-state index contributed by atoms with van der Waals surface area (Å²) in [6, 6.07) is 6.01. The number of nitrogens with one attached hydrogen (secondary N) is 1. The van der Waals surface area contributed by atoms with E-state index in [2.05, 4.69) is 31.4 Å². The molecule has 4 nitrogen and oxygen atoms in total. The van der Waals surface area contributed by atoms with Crippen LogP contribution in [-0.2, 0) is 13.0 Å². The van der Waals surface area contributed by atoms with Crippen molar-refractivity contribution in [1.29, 1.82) is 0 Å². The van der Waals surface area contributed by atoms with Gasteiger partial charge in [-0.3, -0.25) is 4.79 Å². The molecule has 27 heavy (non-hydrogen) atoms. The Morgan fingerprint density at radius 3 is 2.41 bits per heavy atom. The second-order valence-electron chi connectivity index (χ2n) is 6.13. The second kappa shape index (κ2) is 7.55. The molecule has 0 unspecified atom stereocenters. The standard InChI is InChI=1S/C18H15BrF3N3OS/c1-9-10(2)24-25-17-13(9)14(19)15(27-17)16(26)23-8-12-5-3-11(4-6-12)7-18(20,21)22/h3-6H,7-8H2,1-2H3,(H,23,26). The van der Waals surface area contributed by atoms with Crippen LogP contribution < -0.4 is 5.32 Å². The highest BCUT2D eigenvalue weighted by molar-refractivity contribution is 9.10. The van der Waals surface area contributed by atoms with Crippen molar-refractivity contribution in [2.75, 3.05) is 0 Å². The van der Waals surface area contributed by atoms with Crippen LogP contribution in [0.2, 0.25) is 0 Å². The Kier molecular flexibility index (Phi) is 5.53. The number of amides is 1. The number of carbonyl (C=O) groups is 1. The fourth-order valence-electron chi connectivity index (χ4n) is 2.59. The maximum atomic E-state index is 12.5. The van der Waals surface area contributed by atoms with Gasteiger partial charge in [0.15, 0.2) is 0 Å². The minimum atomic E-state index is -4.23. The van der Waals surface area contributed by atoms with E-state index in [-0.39, 0.29) is 18.0 Å². The van der Waals surface area contributed by atoms with E-state index in [1.54, 1.807) is 12.1 Å². The molecule has 2 aromatic heterocycles. The first-order valence-corrected chi connectivity index (χ1v) is 9.61. The van der Waals surface area contributed by atoms with Crippen LogP contribution >= 0.6 is 27.3 Å². The summed E-state index contributed by atoms with van der Waals surface area (Å²) in [4.78, 5) is 13.7. The summed E-state index contributed by atoms with van der Waals surface area (Å²) < 4.78 is 37.9. The molecular weight excluding hydrogens is 443 g/mol. The summed E-state index contributed by atoms with van der Waals surface area (Å²) in [5.74, 6) is -0.277. The number of nitrogens with zero attached hydrogens (tertiary/aromatic N) is 2. The first-order valence-electron chi connectivity index (χ1n) is 8.00. The van der Waals surface area contributed by atoms with Gasteiger partial charge in [-0.05, 0) is 46.5 Å².